The molecule has 2 atom stereocenters. The quantitative estimate of drug-likeness (QED) is 0.428. The van der Waals surface area contributed by atoms with Crippen molar-refractivity contribution >= 4 is 22.4 Å². The first-order valence-electron chi connectivity index (χ1n) is 9.84. The lowest BCUT2D eigenvalue weighted by atomic mass is 9.89. The maximum absolute atomic E-state index is 13.2. The minimum atomic E-state index is -0.489. The Balaban J connectivity index is 1.51. The molecule has 0 aliphatic carbocycles. The molecule has 1 amide bonds. The summed E-state index contributed by atoms with van der Waals surface area (Å²) in [5, 5.41) is 2.20. The van der Waals surface area contributed by atoms with Crippen LogP contribution in [0.1, 0.15) is 17.2 Å². The Morgan fingerprint density at radius 3 is 2.17 bits per heavy atom. The minimum Gasteiger partial charge on any atom is -0.361 e. The normalized spacial score (nSPS) is 18.6. The second-order valence-electron chi connectivity index (χ2n) is 7.28. The van der Waals surface area contributed by atoms with Gasteiger partial charge in [0.2, 0.25) is 0 Å². The second-order valence-corrected chi connectivity index (χ2v) is 7.28. The Labute approximate surface area is 170 Å². The molecule has 1 heterocycles. The Kier molecular flexibility index (Phi) is 4.59. The number of amides is 1. The van der Waals surface area contributed by atoms with Gasteiger partial charge < -0.3 is 4.74 Å². The highest BCUT2D eigenvalue weighted by Crippen LogP contribution is 2.43. The van der Waals surface area contributed by atoms with Crippen molar-refractivity contribution in [2.24, 2.45) is 0 Å². The smallest absolute Gasteiger partial charge is 0.259 e. The van der Waals surface area contributed by atoms with Crippen molar-refractivity contribution in [3.8, 4) is 0 Å². The van der Waals surface area contributed by atoms with Gasteiger partial charge in [-0.15, -0.1) is 0 Å². The summed E-state index contributed by atoms with van der Waals surface area (Å²) in [6, 6.07) is 34.2. The summed E-state index contributed by atoms with van der Waals surface area (Å²) in [6.45, 7) is 0.421. The number of ether oxygens (including phenoxy) is 1. The molecule has 0 saturated carbocycles. The van der Waals surface area contributed by atoms with Crippen molar-refractivity contribution in [3.63, 3.8) is 0 Å². The molecule has 0 unspecified atom stereocenters. The second kappa shape index (κ2) is 7.53. The molecule has 1 aliphatic rings. The fraction of sp³-hybridized carbons (Fsp3) is 0.115. The summed E-state index contributed by atoms with van der Waals surface area (Å²) in [6.07, 6.45) is -0.489. The predicted molar refractivity (Wildman–Crippen MR) is 116 cm³/mol. The third-order valence-electron chi connectivity index (χ3n) is 5.49. The first-order chi connectivity index (χ1) is 14.3. The fourth-order valence-electron chi connectivity index (χ4n) is 4.05. The van der Waals surface area contributed by atoms with Crippen molar-refractivity contribution in [3.05, 3.63) is 114 Å². The van der Waals surface area contributed by atoms with Crippen LogP contribution in [0.15, 0.2) is 103 Å². The maximum Gasteiger partial charge on any atom is 0.259 e. The fourth-order valence-corrected chi connectivity index (χ4v) is 4.05. The lowest BCUT2D eigenvalue weighted by Crippen LogP contribution is -2.60. The zero-order chi connectivity index (χ0) is 19.6. The van der Waals surface area contributed by atoms with Gasteiger partial charge in [0, 0.05) is 5.39 Å². The molecule has 1 fully saturated rings. The van der Waals surface area contributed by atoms with Gasteiger partial charge >= 0.3 is 0 Å². The standard InChI is InChI=1S/C26H21NO2/c28-26-25(29-18-19-10-3-1-4-11-19)24(21-13-5-2-6-14-21)27(26)23-17-9-15-20-12-7-8-16-22(20)23/h1-17,24-25H,18H2/t24-,25-/m0/s1. The number of β-lactam (4-membered cyclic amide) rings is 1. The monoisotopic (exact) mass is 379 g/mol. The number of fused-ring (bicyclic) bond motifs is 1. The molecule has 142 valence electrons. The number of hydrogen-bond acceptors (Lipinski definition) is 2. The van der Waals surface area contributed by atoms with Gasteiger partial charge in [-0.05, 0) is 22.6 Å². The summed E-state index contributed by atoms with van der Waals surface area (Å²) in [5.41, 5.74) is 3.08. The Morgan fingerprint density at radius 2 is 1.38 bits per heavy atom. The molecule has 4 aromatic carbocycles. The molecule has 0 aromatic heterocycles. The molecule has 1 saturated heterocycles. The van der Waals surface area contributed by atoms with Crippen LogP contribution >= 0.6 is 0 Å². The van der Waals surface area contributed by atoms with Crippen molar-refractivity contribution in [2.75, 3.05) is 4.90 Å². The number of rotatable bonds is 5. The van der Waals surface area contributed by atoms with E-state index in [2.05, 4.69) is 30.3 Å². The van der Waals surface area contributed by atoms with Crippen LogP contribution in [0, 0.1) is 0 Å². The Bertz CT molecular complexity index is 1140. The van der Waals surface area contributed by atoms with Crippen molar-refractivity contribution in [1.29, 1.82) is 0 Å². The van der Waals surface area contributed by atoms with Crippen LogP contribution in [-0.2, 0) is 16.1 Å². The summed E-state index contributed by atoms with van der Waals surface area (Å²) < 4.78 is 6.12. The average Bonchev–Trinajstić information content (AvgIpc) is 2.79. The van der Waals surface area contributed by atoms with E-state index in [-0.39, 0.29) is 11.9 Å². The van der Waals surface area contributed by atoms with Gasteiger partial charge in [0.15, 0.2) is 6.10 Å². The summed E-state index contributed by atoms with van der Waals surface area (Å²) >= 11 is 0. The predicted octanol–water partition coefficient (Wildman–Crippen LogP) is 5.51. The van der Waals surface area contributed by atoms with Gasteiger partial charge in [-0.3, -0.25) is 9.69 Å². The molecule has 29 heavy (non-hydrogen) atoms. The van der Waals surface area contributed by atoms with Crippen LogP contribution in [0.5, 0.6) is 0 Å². The summed E-state index contributed by atoms with van der Waals surface area (Å²) in [4.78, 5) is 15.1. The third-order valence-corrected chi connectivity index (χ3v) is 5.49. The number of anilines is 1. The van der Waals surface area contributed by atoms with Crippen LogP contribution in [0.2, 0.25) is 0 Å². The van der Waals surface area contributed by atoms with Gasteiger partial charge in [0.1, 0.15) is 0 Å². The topological polar surface area (TPSA) is 29.5 Å². The average molecular weight is 379 g/mol. The number of benzene rings is 4. The van der Waals surface area contributed by atoms with Gasteiger partial charge in [-0.1, -0.05) is 97.1 Å². The molecule has 5 rings (SSSR count). The van der Waals surface area contributed by atoms with E-state index in [9.17, 15) is 4.79 Å². The number of carbonyl (C=O) groups excluding carboxylic acids is 1. The van der Waals surface area contributed by atoms with Crippen LogP contribution in [0.3, 0.4) is 0 Å². The molecular formula is C26H21NO2. The van der Waals surface area contributed by atoms with Crippen LogP contribution in [-0.4, -0.2) is 12.0 Å². The van der Waals surface area contributed by atoms with Crippen LogP contribution in [0.4, 0.5) is 5.69 Å². The van der Waals surface area contributed by atoms with E-state index in [0.29, 0.717) is 6.61 Å². The van der Waals surface area contributed by atoms with Crippen LogP contribution < -0.4 is 4.90 Å². The molecule has 0 N–H and O–H groups in total. The van der Waals surface area contributed by atoms with Crippen molar-refractivity contribution < 1.29 is 9.53 Å². The molecule has 3 nitrogen and oxygen atoms in total. The van der Waals surface area contributed by atoms with Gasteiger partial charge in [-0.2, -0.15) is 0 Å². The largest absolute Gasteiger partial charge is 0.361 e. The Hall–Kier alpha value is -3.43. The third kappa shape index (κ3) is 3.20. The van der Waals surface area contributed by atoms with E-state index in [4.69, 9.17) is 4.74 Å². The molecule has 4 aromatic rings. The Morgan fingerprint density at radius 1 is 0.724 bits per heavy atom. The number of nitrogens with zero attached hydrogens (tertiary/aromatic N) is 1. The number of hydrogen-bond donors (Lipinski definition) is 0. The van der Waals surface area contributed by atoms with Gasteiger partial charge in [-0.25, -0.2) is 0 Å². The SMILES string of the molecule is O=C1[C@@H](OCc2ccccc2)[C@H](c2ccccc2)N1c1cccc2ccccc12. The molecule has 0 bridgehead atoms. The molecule has 3 heteroatoms. The van der Waals surface area contributed by atoms with E-state index in [1.807, 2.05) is 77.7 Å². The van der Waals surface area contributed by atoms with E-state index in [0.717, 1.165) is 27.6 Å². The molecular weight excluding hydrogens is 358 g/mol. The van der Waals surface area contributed by atoms with Crippen molar-refractivity contribution in [1.82, 2.24) is 0 Å². The number of carbonyl (C=O) groups is 1. The highest BCUT2D eigenvalue weighted by Gasteiger charge is 2.50. The lowest BCUT2D eigenvalue weighted by Gasteiger charge is -2.47. The van der Waals surface area contributed by atoms with Crippen LogP contribution in [0.25, 0.3) is 10.8 Å². The van der Waals surface area contributed by atoms with E-state index in [1.165, 1.54) is 0 Å². The van der Waals surface area contributed by atoms with E-state index < -0.39 is 6.10 Å². The zero-order valence-corrected chi connectivity index (χ0v) is 15.9. The van der Waals surface area contributed by atoms with E-state index in [1.54, 1.807) is 0 Å². The van der Waals surface area contributed by atoms with E-state index >= 15 is 0 Å². The first kappa shape index (κ1) is 17.7. The van der Waals surface area contributed by atoms with Gasteiger partial charge in [0.25, 0.3) is 5.91 Å². The van der Waals surface area contributed by atoms with Gasteiger partial charge in [0.05, 0.1) is 18.3 Å². The van der Waals surface area contributed by atoms with Crippen molar-refractivity contribution in [2.45, 2.75) is 18.8 Å². The zero-order valence-electron chi connectivity index (χ0n) is 15.9. The minimum absolute atomic E-state index is 0.00568. The summed E-state index contributed by atoms with van der Waals surface area (Å²) in [5.74, 6) is 0.00568. The highest BCUT2D eigenvalue weighted by atomic mass is 16.5. The summed E-state index contributed by atoms with van der Waals surface area (Å²) in [7, 11) is 0. The molecule has 0 spiro atoms. The highest BCUT2D eigenvalue weighted by molar-refractivity contribution is 6.10. The molecule has 0 radical (unpaired) electrons. The molecule has 1 aliphatic heterocycles. The first-order valence-corrected chi connectivity index (χ1v) is 9.84. The maximum atomic E-state index is 13.2. The lowest BCUT2D eigenvalue weighted by molar-refractivity contribution is -0.143.